The topological polar surface area (TPSA) is 12.0 Å². The first kappa shape index (κ1) is 11.9. The molecule has 1 aliphatic heterocycles. The third-order valence-corrected chi connectivity index (χ3v) is 3.89. The zero-order valence-electron chi connectivity index (χ0n) is 9.88. The average Bonchev–Trinajstić information content (AvgIpc) is 2.34. The molecular weight excluding hydrogens is 218 g/mol. The predicted octanol–water partition coefficient (Wildman–Crippen LogP) is 3.83. The van der Waals surface area contributed by atoms with Crippen LogP contribution in [0.15, 0.2) is 24.3 Å². The van der Waals surface area contributed by atoms with Gasteiger partial charge >= 0.3 is 0 Å². The second kappa shape index (κ2) is 5.70. The fourth-order valence-corrected chi connectivity index (χ4v) is 2.90. The number of piperidine rings is 1. The molecule has 1 aromatic rings. The van der Waals surface area contributed by atoms with E-state index >= 15 is 0 Å². The van der Waals surface area contributed by atoms with Gasteiger partial charge in [0.2, 0.25) is 0 Å². The molecule has 1 nitrogen and oxygen atoms in total. The third-order valence-electron chi connectivity index (χ3n) is 3.64. The summed E-state index contributed by atoms with van der Waals surface area (Å²) in [5.41, 5.74) is 1.45. The molecular formula is C14H20ClN. The van der Waals surface area contributed by atoms with Crippen LogP contribution in [0.25, 0.3) is 0 Å². The van der Waals surface area contributed by atoms with Crippen LogP contribution < -0.4 is 5.32 Å². The summed E-state index contributed by atoms with van der Waals surface area (Å²) in [5.74, 6) is 1.48. The van der Waals surface area contributed by atoms with Crippen molar-refractivity contribution in [3.05, 3.63) is 34.9 Å². The lowest BCUT2D eigenvalue weighted by Gasteiger charge is -2.30. The fourth-order valence-electron chi connectivity index (χ4n) is 2.77. The second-order valence-corrected chi connectivity index (χ2v) is 5.11. The first-order valence-corrected chi connectivity index (χ1v) is 6.65. The van der Waals surface area contributed by atoms with Crippen molar-refractivity contribution in [3.63, 3.8) is 0 Å². The minimum Gasteiger partial charge on any atom is -0.316 e. The normalized spacial score (nSPS) is 23.0. The van der Waals surface area contributed by atoms with Gasteiger partial charge in [-0.25, -0.2) is 0 Å². The molecule has 1 aromatic carbocycles. The van der Waals surface area contributed by atoms with Gasteiger partial charge in [0, 0.05) is 5.02 Å². The van der Waals surface area contributed by atoms with Crippen LogP contribution in [0.3, 0.4) is 0 Å². The zero-order chi connectivity index (χ0) is 11.4. The molecule has 88 valence electrons. The Kier molecular flexibility index (Phi) is 4.25. The summed E-state index contributed by atoms with van der Waals surface area (Å²) in [6, 6.07) is 8.39. The highest BCUT2D eigenvalue weighted by Gasteiger charge is 2.23. The SMILES string of the molecule is CCC(c1ccc(Cl)cc1)C1CCCNC1. The van der Waals surface area contributed by atoms with E-state index < -0.39 is 0 Å². The van der Waals surface area contributed by atoms with Gasteiger partial charge in [0.15, 0.2) is 0 Å². The lowest BCUT2D eigenvalue weighted by Crippen LogP contribution is -2.33. The van der Waals surface area contributed by atoms with Crippen LogP contribution in [-0.4, -0.2) is 13.1 Å². The summed E-state index contributed by atoms with van der Waals surface area (Å²) in [6.07, 6.45) is 3.89. The van der Waals surface area contributed by atoms with E-state index in [1.165, 1.54) is 37.9 Å². The predicted molar refractivity (Wildman–Crippen MR) is 70.1 cm³/mol. The first-order chi connectivity index (χ1) is 7.81. The average molecular weight is 238 g/mol. The molecule has 2 atom stereocenters. The van der Waals surface area contributed by atoms with E-state index in [4.69, 9.17) is 11.6 Å². The van der Waals surface area contributed by atoms with Gasteiger partial charge in [-0.1, -0.05) is 30.7 Å². The quantitative estimate of drug-likeness (QED) is 0.843. The number of hydrogen-bond donors (Lipinski definition) is 1. The second-order valence-electron chi connectivity index (χ2n) is 4.67. The van der Waals surface area contributed by atoms with Gasteiger partial charge in [0.25, 0.3) is 0 Å². The van der Waals surface area contributed by atoms with Gasteiger partial charge in [-0.2, -0.15) is 0 Å². The van der Waals surface area contributed by atoms with Crippen molar-refractivity contribution in [1.82, 2.24) is 5.32 Å². The van der Waals surface area contributed by atoms with E-state index in [1.54, 1.807) is 0 Å². The lowest BCUT2D eigenvalue weighted by atomic mass is 9.80. The van der Waals surface area contributed by atoms with Gasteiger partial charge in [0.1, 0.15) is 0 Å². The van der Waals surface area contributed by atoms with Gasteiger partial charge in [-0.3, -0.25) is 0 Å². The van der Waals surface area contributed by atoms with Crippen molar-refractivity contribution in [2.24, 2.45) is 5.92 Å². The minimum absolute atomic E-state index is 0.685. The Morgan fingerprint density at radius 2 is 2.12 bits per heavy atom. The number of benzene rings is 1. The zero-order valence-corrected chi connectivity index (χ0v) is 10.6. The van der Waals surface area contributed by atoms with Crippen LogP contribution in [0.4, 0.5) is 0 Å². The highest BCUT2D eigenvalue weighted by molar-refractivity contribution is 6.30. The third kappa shape index (κ3) is 2.78. The molecule has 0 spiro atoms. The number of hydrogen-bond acceptors (Lipinski definition) is 1. The maximum atomic E-state index is 5.93. The van der Waals surface area contributed by atoms with Crippen molar-refractivity contribution < 1.29 is 0 Å². The first-order valence-electron chi connectivity index (χ1n) is 6.27. The summed E-state index contributed by atoms with van der Waals surface area (Å²) >= 11 is 5.93. The van der Waals surface area contributed by atoms with E-state index in [-0.39, 0.29) is 0 Å². The Balaban J connectivity index is 2.11. The number of nitrogens with one attached hydrogen (secondary N) is 1. The monoisotopic (exact) mass is 237 g/mol. The maximum absolute atomic E-state index is 5.93. The Hall–Kier alpha value is -0.530. The van der Waals surface area contributed by atoms with Crippen LogP contribution in [0, 0.1) is 5.92 Å². The summed E-state index contributed by atoms with van der Waals surface area (Å²) in [4.78, 5) is 0. The van der Waals surface area contributed by atoms with E-state index in [1.807, 2.05) is 12.1 Å². The molecule has 2 unspecified atom stereocenters. The van der Waals surface area contributed by atoms with Gasteiger partial charge < -0.3 is 5.32 Å². The molecule has 1 heterocycles. The largest absolute Gasteiger partial charge is 0.316 e. The molecule has 0 bridgehead atoms. The summed E-state index contributed by atoms with van der Waals surface area (Å²) < 4.78 is 0. The maximum Gasteiger partial charge on any atom is 0.0406 e. The number of halogens is 1. The van der Waals surface area contributed by atoms with Crippen molar-refractivity contribution in [2.45, 2.75) is 32.1 Å². The van der Waals surface area contributed by atoms with Crippen molar-refractivity contribution in [1.29, 1.82) is 0 Å². The fraction of sp³-hybridized carbons (Fsp3) is 0.571. The van der Waals surface area contributed by atoms with Crippen LogP contribution in [0.2, 0.25) is 5.02 Å². The van der Waals surface area contributed by atoms with Crippen molar-refractivity contribution in [2.75, 3.05) is 13.1 Å². The summed E-state index contributed by atoms with van der Waals surface area (Å²) in [7, 11) is 0. The van der Waals surface area contributed by atoms with E-state index in [2.05, 4.69) is 24.4 Å². The van der Waals surface area contributed by atoms with Gasteiger partial charge in [0.05, 0.1) is 0 Å². The summed E-state index contributed by atoms with van der Waals surface area (Å²) in [6.45, 7) is 4.64. The van der Waals surface area contributed by atoms with Crippen LogP contribution in [0.1, 0.15) is 37.7 Å². The van der Waals surface area contributed by atoms with E-state index in [0.717, 1.165) is 10.9 Å². The smallest absolute Gasteiger partial charge is 0.0406 e. The molecule has 1 saturated heterocycles. The Morgan fingerprint density at radius 1 is 1.38 bits per heavy atom. The van der Waals surface area contributed by atoms with Crippen LogP contribution >= 0.6 is 11.6 Å². The summed E-state index contributed by atoms with van der Waals surface area (Å²) in [5, 5.41) is 4.34. The van der Waals surface area contributed by atoms with Crippen molar-refractivity contribution in [3.8, 4) is 0 Å². The molecule has 1 N–H and O–H groups in total. The molecule has 16 heavy (non-hydrogen) atoms. The standard InChI is InChI=1S/C14H20ClN/c1-2-14(12-4-3-9-16-10-12)11-5-7-13(15)8-6-11/h5-8,12,14,16H,2-4,9-10H2,1H3. The van der Waals surface area contributed by atoms with Gasteiger partial charge in [-0.05, 0) is 61.9 Å². The molecule has 1 fully saturated rings. The minimum atomic E-state index is 0.685. The molecule has 0 aliphatic carbocycles. The molecule has 1 aliphatic rings. The van der Waals surface area contributed by atoms with E-state index in [9.17, 15) is 0 Å². The molecule has 2 heteroatoms. The molecule has 0 amide bonds. The van der Waals surface area contributed by atoms with E-state index in [0.29, 0.717) is 5.92 Å². The molecule has 0 aromatic heterocycles. The Labute approximate surface area is 103 Å². The van der Waals surface area contributed by atoms with Crippen LogP contribution in [-0.2, 0) is 0 Å². The highest BCUT2D eigenvalue weighted by Crippen LogP contribution is 2.32. The van der Waals surface area contributed by atoms with Crippen molar-refractivity contribution >= 4 is 11.6 Å². The highest BCUT2D eigenvalue weighted by atomic mass is 35.5. The lowest BCUT2D eigenvalue weighted by molar-refractivity contribution is 0.316. The molecule has 2 rings (SSSR count). The Bertz CT molecular complexity index is 314. The molecule has 0 radical (unpaired) electrons. The van der Waals surface area contributed by atoms with Crippen LogP contribution in [0.5, 0.6) is 0 Å². The molecule has 0 saturated carbocycles. The van der Waals surface area contributed by atoms with Gasteiger partial charge in [-0.15, -0.1) is 0 Å². The Morgan fingerprint density at radius 3 is 2.69 bits per heavy atom. The number of rotatable bonds is 3.